The molecule has 2 fully saturated rings. The molecule has 1 aromatic rings. The zero-order chi connectivity index (χ0) is 14.5. The second-order valence-corrected chi connectivity index (χ2v) is 7.22. The maximum Gasteiger partial charge on any atom is 0.240 e. The van der Waals surface area contributed by atoms with Crippen molar-refractivity contribution >= 4 is 17.7 Å². The highest BCUT2D eigenvalue weighted by molar-refractivity contribution is 7.99. The van der Waals surface area contributed by atoms with Crippen molar-refractivity contribution in [1.29, 1.82) is 0 Å². The second kappa shape index (κ2) is 7.32. The van der Waals surface area contributed by atoms with Crippen LogP contribution in [0, 0.1) is 0 Å². The highest BCUT2D eigenvalue weighted by atomic mass is 32.2. The van der Waals surface area contributed by atoms with E-state index in [4.69, 9.17) is 0 Å². The van der Waals surface area contributed by atoms with Crippen molar-refractivity contribution in [3.05, 3.63) is 35.9 Å². The van der Waals surface area contributed by atoms with Crippen LogP contribution < -0.4 is 5.32 Å². The minimum Gasteiger partial charge on any atom is -0.337 e. The van der Waals surface area contributed by atoms with Crippen LogP contribution in [-0.2, 0) is 11.3 Å². The summed E-state index contributed by atoms with van der Waals surface area (Å²) in [5.74, 6) is 2.75. The Morgan fingerprint density at radius 3 is 2.67 bits per heavy atom. The van der Waals surface area contributed by atoms with Gasteiger partial charge in [0.15, 0.2) is 0 Å². The summed E-state index contributed by atoms with van der Waals surface area (Å²) >= 11 is 2.03. The smallest absolute Gasteiger partial charge is 0.240 e. The fourth-order valence-electron chi connectivity index (χ4n) is 3.20. The van der Waals surface area contributed by atoms with Crippen molar-refractivity contribution in [1.82, 2.24) is 10.2 Å². The van der Waals surface area contributed by atoms with E-state index < -0.39 is 0 Å². The molecule has 3 rings (SSSR count). The van der Waals surface area contributed by atoms with Crippen LogP contribution in [0.4, 0.5) is 0 Å². The molecule has 1 amide bonds. The van der Waals surface area contributed by atoms with Gasteiger partial charge in [0, 0.05) is 19.1 Å². The lowest BCUT2D eigenvalue weighted by atomic mass is 10.0. The van der Waals surface area contributed by atoms with Crippen LogP contribution in [0.3, 0.4) is 0 Å². The number of benzene rings is 1. The minimum absolute atomic E-state index is 0.0376. The van der Waals surface area contributed by atoms with Gasteiger partial charge in [0.05, 0.1) is 6.04 Å². The van der Waals surface area contributed by atoms with Crippen LogP contribution in [0.2, 0.25) is 0 Å². The molecule has 0 aromatic heterocycles. The fraction of sp³-hybridized carbons (Fsp3) is 0.588. The highest BCUT2D eigenvalue weighted by Crippen LogP contribution is 2.20. The molecule has 0 saturated carbocycles. The molecule has 0 unspecified atom stereocenters. The predicted octanol–water partition coefficient (Wildman–Crippen LogP) is 2.66. The van der Waals surface area contributed by atoms with E-state index in [-0.39, 0.29) is 6.04 Å². The number of hydrogen-bond acceptors (Lipinski definition) is 3. The van der Waals surface area contributed by atoms with Crippen molar-refractivity contribution in [2.24, 2.45) is 0 Å². The van der Waals surface area contributed by atoms with Gasteiger partial charge in [0.1, 0.15) is 0 Å². The number of likely N-dealkylation sites (tertiary alicyclic amines) is 1. The van der Waals surface area contributed by atoms with Crippen molar-refractivity contribution < 1.29 is 4.79 Å². The van der Waals surface area contributed by atoms with E-state index >= 15 is 0 Å². The number of rotatable bonds is 4. The third-order valence-corrected chi connectivity index (χ3v) is 5.45. The number of carbonyl (C=O) groups excluding carboxylic acids is 1. The monoisotopic (exact) mass is 304 g/mol. The van der Waals surface area contributed by atoms with Crippen LogP contribution in [-0.4, -0.2) is 40.9 Å². The molecule has 0 bridgehead atoms. The molecule has 0 radical (unpaired) electrons. The minimum atomic E-state index is 0.0376. The van der Waals surface area contributed by atoms with E-state index in [1.807, 2.05) is 34.9 Å². The Kier molecular flexibility index (Phi) is 5.20. The topological polar surface area (TPSA) is 32.3 Å². The average Bonchev–Trinajstić information content (AvgIpc) is 2.53. The van der Waals surface area contributed by atoms with Gasteiger partial charge in [-0.15, -0.1) is 0 Å². The third-order valence-electron chi connectivity index (χ3n) is 4.41. The molecule has 2 heterocycles. The molecule has 2 aliphatic heterocycles. The molecule has 2 saturated heterocycles. The van der Waals surface area contributed by atoms with E-state index in [1.165, 1.54) is 29.9 Å². The third kappa shape index (κ3) is 4.01. The first-order valence-electron chi connectivity index (χ1n) is 7.99. The molecule has 1 N–H and O–H groups in total. The first-order chi connectivity index (χ1) is 10.3. The molecule has 3 nitrogen and oxygen atoms in total. The molecule has 0 aliphatic carbocycles. The number of nitrogens with one attached hydrogen (secondary N) is 1. The Balaban J connectivity index is 1.57. The molecule has 1 aromatic carbocycles. The summed E-state index contributed by atoms with van der Waals surface area (Å²) in [4.78, 5) is 14.7. The first kappa shape index (κ1) is 14.9. The SMILES string of the molecule is O=C1[C@H](NC2CCSCC2)CCCN1Cc1ccccc1. The molecule has 1 atom stereocenters. The summed E-state index contributed by atoms with van der Waals surface area (Å²) < 4.78 is 0. The van der Waals surface area contributed by atoms with E-state index in [0.29, 0.717) is 11.9 Å². The van der Waals surface area contributed by atoms with Gasteiger partial charge in [-0.25, -0.2) is 0 Å². The quantitative estimate of drug-likeness (QED) is 0.928. The van der Waals surface area contributed by atoms with Gasteiger partial charge in [0.2, 0.25) is 5.91 Å². The number of thioether (sulfide) groups is 1. The zero-order valence-electron chi connectivity index (χ0n) is 12.5. The number of hydrogen-bond donors (Lipinski definition) is 1. The number of amides is 1. The summed E-state index contributed by atoms with van der Waals surface area (Å²) in [6.45, 7) is 1.64. The number of piperidine rings is 1. The second-order valence-electron chi connectivity index (χ2n) is 5.99. The molecule has 2 aliphatic rings. The van der Waals surface area contributed by atoms with Gasteiger partial charge in [-0.05, 0) is 42.8 Å². The maximum absolute atomic E-state index is 12.7. The van der Waals surface area contributed by atoms with Crippen LogP contribution in [0.1, 0.15) is 31.2 Å². The average molecular weight is 304 g/mol. The van der Waals surface area contributed by atoms with Gasteiger partial charge in [-0.2, -0.15) is 11.8 Å². The summed E-state index contributed by atoms with van der Waals surface area (Å²) in [5.41, 5.74) is 1.22. The summed E-state index contributed by atoms with van der Waals surface area (Å²) in [6, 6.07) is 10.9. The Morgan fingerprint density at radius 1 is 1.14 bits per heavy atom. The lowest BCUT2D eigenvalue weighted by Gasteiger charge is -2.35. The number of nitrogens with zero attached hydrogens (tertiary/aromatic N) is 1. The normalized spacial score (nSPS) is 24.3. The summed E-state index contributed by atoms with van der Waals surface area (Å²) in [7, 11) is 0. The van der Waals surface area contributed by atoms with Crippen LogP contribution in [0.15, 0.2) is 30.3 Å². The van der Waals surface area contributed by atoms with Gasteiger partial charge >= 0.3 is 0 Å². The van der Waals surface area contributed by atoms with Gasteiger partial charge < -0.3 is 10.2 Å². The van der Waals surface area contributed by atoms with Crippen molar-refractivity contribution in [2.75, 3.05) is 18.1 Å². The number of carbonyl (C=O) groups is 1. The van der Waals surface area contributed by atoms with Crippen molar-refractivity contribution in [3.8, 4) is 0 Å². The molecule has 114 valence electrons. The van der Waals surface area contributed by atoms with E-state index in [1.54, 1.807) is 0 Å². The Labute approximate surface area is 131 Å². The highest BCUT2D eigenvalue weighted by Gasteiger charge is 2.30. The summed E-state index contributed by atoms with van der Waals surface area (Å²) in [6.07, 6.45) is 4.51. The molecular weight excluding hydrogens is 280 g/mol. The van der Waals surface area contributed by atoms with Crippen molar-refractivity contribution in [3.63, 3.8) is 0 Å². The molecular formula is C17H24N2OS. The van der Waals surface area contributed by atoms with E-state index in [0.717, 1.165) is 25.9 Å². The van der Waals surface area contributed by atoms with Gasteiger partial charge in [-0.3, -0.25) is 4.79 Å². The summed E-state index contributed by atoms with van der Waals surface area (Å²) in [5, 5.41) is 3.62. The van der Waals surface area contributed by atoms with Crippen molar-refractivity contribution in [2.45, 2.75) is 44.3 Å². The zero-order valence-corrected chi connectivity index (χ0v) is 13.3. The molecule has 0 spiro atoms. The lowest BCUT2D eigenvalue weighted by molar-refractivity contribution is -0.136. The Bertz CT molecular complexity index is 459. The van der Waals surface area contributed by atoms with E-state index in [9.17, 15) is 4.79 Å². The largest absolute Gasteiger partial charge is 0.337 e. The molecule has 21 heavy (non-hydrogen) atoms. The standard InChI is InChI=1S/C17H24N2OS/c20-17-16(18-15-8-11-21-12-9-15)7-4-10-19(17)13-14-5-2-1-3-6-14/h1-3,5-6,15-16,18H,4,7-13H2/t16-/m1/s1. The first-order valence-corrected chi connectivity index (χ1v) is 9.15. The van der Waals surface area contributed by atoms with Gasteiger partial charge in [-0.1, -0.05) is 30.3 Å². The lowest BCUT2D eigenvalue weighted by Crippen LogP contribution is -2.53. The van der Waals surface area contributed by atoms with Crippen LogP contribution in [0.25, 0.3) is 0 Å². The Morgan fingerprint density at radius 2 is 1.90 bits per heavy atom. The van der Waals surface area contributed by atoms with Gasteiger partial charge in [0.25, 0.3) is 0 Å². The Hall–Kier alpha value is -1.00. The molecule has 4 heteroatoms. The predicted molar refractivity (Wildman–Crippen MR) is 88.4 cm³/mol. The van der Waals surface area contributed by atoms with Crippen LogP contribution >= 0.6 is 11.8 Å². The van der Waals surface area contributed by atoms with Crippen LogP contribution in [0.5, 0.6) is 0 Å². The maximum atomic E-state index is 12.7. The van der Waals surface area contributed by atoms with E-state index in [2.05, 4.69) is 17.4 Å². The fourth-order valence-corrected chi connectivity index (χ4v) is 4.31.